The van der Waals surface area contributed by atoms with E-state index in [2.05, 4.69) is 16.0 Å². The van der Waals surface area contributed by atoms with E-state index in [0.717, 1.165) is 4.90 Å². The van der Waals surface area contributed by atoms with Gasteiger partial charge in [0.1, 0.15) is 18.1 Å². The number of carbonyl (C=O) groups is 6. The molecule has 222 valence electrons. The quantitative estimate of drug-likeness (QED) is 0.0496. The second-order valence-corrected chi connectivity index (χ2v) is 9.04. The summed E-state index contributed by atoms with van der Waals surface area (Å²) in [4.78, 5) is 73.5. The summed E-state index contributed by atoms with van der Waals surface area (Å²) in [5, 5.41) is 46.9. The third-order valence-corrected chi connectivity index (χ3v) is 6.30. The van der Waals surface area contributed by atoms with Crippen LogP contribution in [-0.2, 0) is 28.8 Å². The summed E-state index contributed by atoms with van der Waals surface area (Å²) < 4.78 is 0. The Morgan fingerprint density at radius 1 is 1.00 bits per heavy atom. The van der Waals surface area contributed by atoms with Gasteiger partial charge in [-0.05, 0) is 45.6 Å². The molecular weight excluding hydrogens is 522 g/mol. The van der Waals surface area contributed by atoms with Crippen molar-refractivity contribution in [2.75, 3.05) is 40.3 Å². The molecule has 0 aromatic rings. The zero-order valence-electron chi connectivity index (χ0n) is 22.1. The van der Waals surface area contributed by atoms with Crippen LogP contribution in [0.3, 0.4) is 0 Å². The minimum Gasteiger partial charge on any atom is -0.394 e. The predicted octanol–water partition coefficient (Wildman–Crippen LogP) is -3.37. The molecule has 17 heteroatoms. The van der Waals surface area contributed by atoms with Gasteiger partial charge in [0, 0.05) is 26.7 Å². The molecule has 17 nitrogen and oxygen atoms in total. The Hall–Kier alpha value is -3.38. The van der Waals surface area contributed by atoms with E-state index in [1.165, 1.54) is 14.1 Å². The van der Waals surface area contributed by atoms with E-state index in [9.17, 15) is 49.5 Å². The van der Waals surface area contributed by atoms with Crippen molar-refractivity contribution in [3.05, 3.63) is 0 Å². The molecule has 1 rings (SSSR count). The third-order valence-electron chi connectivity index (χ3n) is 6.30. The lowest BCUT2D eigenvalue weighted by molar-refractivity contribution is -0.179. The van der Waals surface area contributed by atoms with E-state index in [1.54, 1.807) is 0 Å². The monoisotopic (exact) mass is 561 g/mol. The summed E-state index contributed by atoms with van der Waals surface area (Å²) in [7, 11) is 2.83. The van der Waals surface area contributed by atoms with Gasteiger partial charge in [-0.15, -0.1) is 0 Å². The first-order valence-electron chi connectivity index (χ1n) is 12.5. The number of piperidine rings is 1. The molecule has 7 N–H and O–H groups in total. The van der Waals surface area contributed by atoms with Gasteiger partial charge in [-0.2, -0.15) is 0 Å². The van der Waals surface area contributed by atoms with Crippen LogP contribution in [0.5, 0.6) is 0 Å². The summed E-state index contributed by atoms with van der Waals surface area (Å²) in [5.74, 6) is -2.92. The van der Waals surface area contributed by atoms with Crippen LogP contribution < -0.4 is 16.0 Å². The number of hydrogen-bond acceptors (Lipinski definition) is 11. The number of carbonyl (C=O) groups excluding carboxylic acids is 6. The van der Waals surface area contributed by atoms with Gasteiger partial charge in [0.25, 0.3) is 5.91 Å². The summed E-state index contributed by atoms with van der Waals surface area (Å²) in [6, 6.07) is -4.51. The van der Waals surface area contributed by atoms with E-state index < -0.39 is 54.4 Å². The first kappa shape index (κ1) is 33.6. The largest absolute Gasteiger partial charge is 0.394 e. The summed E-state index contributed by atoms with van der Waals surface area (Å²) in [6.45, 7) is -0.866. The van der Waals surface area contributed by atoms with E-state index >= 15 is 0 Å². The normalized spacial score (nSPS) is 17.4. The molecule has 0 aromatic heterocycles. The zero-order chi connectivity index (χ0) is 29.5. The van der Waals surface area contributed by atoms with Gasteiger partial charge in [0.2, 0.25) is 30.5 Å². The van der Waals surface area contributed by atoms with Crippen molar-refractivity contribution in [1.82, 2.24) is 36.0 Å². The molecule has 39 heavy (non-hydrogen) atoms. The fourth-order valence-electron chi connectivity index (χ4n) is 4.02. The molecule has 1 aliphatic rings. The molecule has 1 fully saturated rings. The first-order chi connectivity index (χ1) is 18.5. The van der Waals surface area contributed by atoms with Crippen molar-refractivity contribution in [2.45, 2.75) is 62.7 Å². The number of nitrogens with one attached hydrogen (secondary N) is 3. The number of rotatable bonds is 18. The maximum Gasteiger partial charge on any atom is 0.268 e. The number of likely N-dealkylation sites (N-methyl/N-ethyl adjacent to an activating group) is 2. The van der Waals surface area contributed by atoms with Gasteiger partial charge in [-0.3, -0.25) is 44.4 Å². The van der Waals surface area contributed by atoms with Crippen molar-refractivity contribution < 1.29 is 49.5 Å². The molecule has 1 aliphatic heterocycles. The predicted molar refractivity (Wildman–Crippen MR) is 131 cm³/mol. The number of aliphatic hydroxyl groups excluding tert-OH is 1. The molecule has 0 radical (unpaired) electrons. The van der Waals surface area contributed by atoms with Gasteiger partial charge in [-0.25, -0.2) is 15.2 Å². The minimum atomic E-state index is -1.45. The molecular formula is C22H39N7O10. The van der Waals surface area contributed by atoms with Crippen molar-refractivity contribution in [3.63, 3.8) is 0 Å². The Morgan fingerprint density at radius 2 is 1.51 bits per heavy atom. The summed E-state index contributed by atoms with van der Waals surface area (Å²) in [5.41, 5.74) is 0. The number of hydrogen-bond donors (Lipinski definition) is 7. The standard InChI is InChI=1S/C22H39N7O10/c1-23-15(6-3-9-27(37)13-31)19(33)25-17(12-30)20(34)24-16(7-4-10-28(38)14-32)21(35)26(2)18-8-5-11-29(39)22(18)36/h13-18,23,30,37-39H,3-12H2,1-2H3,(H,24,34)(H,25,33). The minimum absolute atomic E-state index is 0.0247. The smallest absolute Gasteiger partial charge is 0.268 e. The number of hydroxylamine groups is 6. The highest BCUT2D eigenvalue weighted by molar-refractivity contribution is 5.94. The van der Waals surface area contributed by atoms with E-state index in [4.69, 9.17) is 0 Å². The number of aliphatic hydroxyl groups is 1. The van der Waals surface area contributed by atoms with Crippen LogP contribution in [0.1, 0.15) is 38.5 Å². The van der Waals surface area contributed by atoms with Gasteiger partial charge in [0.15, 0.2) is 0 Å². The molecule has 0 saturated carbocycles. The zero-order valence-corrected chi connectivity index (χ0v) is 22.1. The van der Waals surface area contributed by atoms with Crippen LogP contribution in [0.2, 0.25) is 0 Å². The molecule has 0 aliphatic carbocycles. The van der Waals surface area contributed by atoms with Crippen molar-refractivity contribution >= 4 is 36.4 Å². The number of amides is 6. The molecule has 4 unspecified atom stereocenters. The van der Waals surface area contributed by atoms with Crippen molar-refractivity contribution in [2.24, 2.45) is 0 Å². The van der Waals surface area contributed by atoms with Gasteiger partial charge < -0.3 is 26.0 Å². The van der Waals surface area contributed by atoms with Crippen molar-refractivity contribution in [1.29, 1.82) is 0 Å². The Bertz CT molecular complexity index is 848. The van der Waals surface area contributed by atoms with Gasteiger partial charge in [0.05, 0.1) is 12.6 Å². The van der Waals surface area contributed by atoms with E-state index in [0.29, 0.717) is 21.6 Å². The van der Waals surface area contributed by atoms with Crippen LogP contribution in [0.25, 0.3) is 0 Å². The maximum atomic E-state index is 13.3. The fraction of sp³-hybridized carbons (Fsp3) is 0.727. The molecule has 0 aromatic carbocycles. The Balaban J connectivity index is 2.93. The molecule has 1 saturated heterocycles. The topological polar surface area (TPSA) is 232 Å². The Morgan fingerprint density at radius 3 is 2.03 bits per heavy atom. The van der Waals surface area contributed by atoms with Crippen LogP contribution in [0.4, 0.5) is 0 Å². The Kier molecular flexibility index (Phi) is 14.9. The maximum absolute atomic E-state index is 13.3. The molecule has 0 bridgehead atoms. The summed E-state index contributed by atoms with van der Waals surface area (Å²) in [6.07, 6.45) is 1.56. The highest BCUT2D eigenvalue weighted by Crippen LogP contribution is 2.17. The second-order valence-electron chi connectivity index (χ2n) is 9.04. The van der Waals surface area contributed by atoms with Crippen molar-refractivity contribution in [3.8, 4) is 0 Å². The van der Waals surface area contributed by atoms with Gasteiger partial charge >= 0.3 is 0 Å². The molecule has 0 spiro atoms. The van der Waals surface area contributed by atoms with Crippen LogP contribution >= 0.6 is 0 Å². The highest BCUT2D eigenvalue weighted by atomic mass is 16.5. The average molecular weight is 562 g/mol. The van der Waals surface area contributed by atoms with E-state index in [-0.39, 0.29) is 64.6 Å². The lowest BCUT2D eigenvalue weighted by Crippen LogP contribution is -2.59. The SMILES string of the molecule is CNC(CCCN(O)C=O)C(=O)NC(CO)C(=O)NC(CCCN(O)C=O)C(=O)N(C)C1CCCN(O)C1=O. The van der Waals surface area contributed by atoms with E-state index in [1.807, 2.05) is 0 Å². The lowest BCUT2D eigenvalue weighted by atomic mass is 10.0. The first-order valence-corrected chi connectivity index (χ1v) is 12.5. The fourth-order valence-corrected chi connectivity index (χ4v) is 4.02. The molecule has 1 heterocycles. The van der Waals surface area contributed by atoms with Crippen LogP contribution in [0, 0.1) is 0 Å². The number of nitrogens with zero attached hydrogens (tertiary/aromatic N) is 4. The van der Waals surface area contributed by atoms with Gasteiger partial charge in [-0.1, -0.05) is 0 Å². The average Bonchev–Trinajstić information content (AvgIpc) is 2.93. The lowest BCUT2D eigenvalue weighted by Gasteiger charge is -2.35. The van der Waals surface area contributed by atoms with Crippen LogP contribution in [-0.4, -0.2) is 142 Å². The molecule has 6 amide bonds. The van der Waals surface area contributed by atoms with Crippen LogP contribution in [0.15, 0.2) is 0 Å². The second kappa shape index (κ2) is 17.3. The Labute approximate surface area is 225 Å². The third kappa shape index (κ3) is 10.7. The summed E-state index contributed by atoms with van der Waals surface area (Å²) >= 11 is 0. The highest BCUT2D eigenvalue weighted by Gasteiger charge is 2.37. The molecule has 4 atom stereocenters.